The maximum absolute atomic E-state index is 13.2. The summed E-state index contributed by atoms with van der Waals surface area (Å²) < 4.78 is 39.6. The fraction of sp³-hybridized carbons (Fsp3) is 0.0769. The molecule has 2 aromatic carbocycles. The van der Waals surface area contributed by atoms with E-state index >= 15 is 0 Å². The van der Waals surface area contributed by atoms with Crippen molar-refractivity contribution in [2.45, 2.75) is 11.4 Å². The molecule has 0 saturated heterocycles. The highest BCUT2D eigenvalue weighted by atomic mass is 35.5. The molecule has 0 unspecified atom stereocenters. The van der Waals surface area contributed by atoms with E-state index in [1.807, 2.05) is 0 Å². The molecule has 0 fully saturated rings. The molecule has 0 atom stereocenters. The first-order valence-electron chi connectivity index (χ1n) is 5.67. The Bertz CT molecular complexity index is 715. The molecule has 106 valence electrons. The molecule has 0 aliphatic carbocycles. The summed E-state index contributed by atoms with van der Waals surface area (Å²) in [4.78, 5) is -0.220. The predicted octanol–water partition coefficient (Wildman–Crippen LogP) is 2.54. The van der Waals surface area contributed by atoms with Crippen LogP contribution < -0.4 is 10.5 Å². The number of nitrogens with one attached hydrogen (secondary N) is 1. The number of sulfonamides is 1. The van der Waals surface area contributed by atoms with Gasteiger partial charge in [-0.2, -0.15) is 0 Å². The Kier molecular flexibility index (Phi) is 4.27. The average molecular weight is 315 g/mol. The summed E-state index contributed by atoms with van der Waals surface area (Å²) >= 11 is 5.93. The van der Waals surface area contributed by atoms with Gasteiger partial charge in [-0.05, 0) is 29.8 Å². The van der Waals surface area contributed by atoms with Crippen LogP contribution in [0.2, 0.25) is 5.02 Å². The van der Waals surface area contributed by atoms with E-state index in [1.165, 1.54) is 6.07 Å². The van der Waals surface area contributed by atoms with Crippen LogP contribution in [-0.4, -0.2) is 8.42 Å². The second-order valence-corrected chi connectivity index (χ2v) is 6.31. The van der Waals surface area contributed by atoms with Crippen molar-refractivity contribution in [2.75, 3.05) is 5.73 Å². The largest absolute Gasteiger partial charge is 0.399 e. The number of nitrogen functional groups attached to an aromatic ring is 1. The average Bonchev–Trinajstić information content (AvgIpc) is 2.37. The van der Waals surface area contributed by atoms with E-state index in [0.29, 0.717) is 10.6 Å². The van der Waals surface area contributed by atoms with Gasteiger partial charge in [-0.15, -0.1) is 0 Å². The Labute approximate surface area is 121 Å². The monoisotopic (exact) mass is 314 g/mol. The third kappa shape index (κ3) is 3.47. The molecule has 0 aliphatic heterocycles. The Morgan fingerprint density at radius 1 is 1.20 bits per heavy atom. The molecule has 0 spiro atoms. The first-order chi connectivity index (χ1) is 9.38. The van der Waals surface area contributed by atoms with Gasteiger partial charge in [-0.25, -0.2) is 17.5 Å². The van der Waals surface area contributed by atoms with Gasteiger partial charge in [0.05, 0.1) is 4.90 Å². The second-order valence-electron chi connectivity index (χ2n) is 4.14. The van der Waals surface area contributed by atoms with Gasteiger partial charge in [0.15, 0.2) is 0 Å². The molecule has 3 N–H and O–H groups in total. The number of hydrogen-bond acceptors (Lipinski definition) is 3. The summed E-state index contributed by atoms with van der Waals surface area (Å²) in [6, 6.07) is 10.00. The standard InChI is InChI=1S/C13H12ClFN2O2S/c14-13-4-2-1-3-9(13)8-17-20(18,19)12-6-10(15)5-11(16)7-12/h1-7,17H,8,16H2. The van der Waals surface area contributed by atoms with E-state index in [0.717, 1.165) is 12.1 Å². The lowest BCUT2D eigenvalue weighted by Crippen LogP contribution is -2.23. The van der Waals surface area contributed by atoms with Gasteiger partial charge in [-0.3, -0.25) is 0 Å². The number of anilines is 1. The Morgan fingerprint density at radius 2 is 1.90 bits per heavy atom. The lowest BCUT2D eigenvalue weighted by atomic mass is 10.2. The molecule has 0 radical (unpaired) electrons. The normalized spacial score (nSPS) is 11.5. The van der Waals surface area contributed by atoms with Crippen molar-refractivity contribution in [3.63, 3.8) is 0 Å². The summed E-state index contributed by atoms with van der Waals surface area (Å²) in [7, 11) is -3.85. The zero-order chi connectivity index (χ0) is 14.8. The molecular weight excluding hydrogens is 303 g/mol. The van der Waals surface area contributed by atoms with Crippen LogP contribution in [0.15, 0.2) is 47.4 Å². The van der Waals surface area contributed by atoms with E-state index in [2.05, 4.69) is 4.72 Å². The lowest BCUT2D eigenvalue weighted by molar-refractivity contribution is 0.577. The smallest absolute Gasteiger partial charge is 0.241 e. The van der Waals surface area contributed by atoms with E-state index in [-0.39, 0.29) is 17.1 Å². The first kappa shape index (κ1) is 14.8. The number of halogens is 2. The van der Waals surface area contributed by atoms with Crippen LogP contribution in [0.4, 0.5) is 10.1 Å². The van der Waals surface area contributed by atoms with Gasteiger partial charge >= 0.3 is 0 Å². The van der Waals surface area contributed by atoms with Crippen molar-refractivity contribution in [3.8, 4) is 0 Å². The predicted molar refractivity (Wildman–Crippen MR) is 76.3 cm³/mol. The van der Waals surface area contributed by atoms with Crippen LogP contribution in [-0.2, 0) is 16.6 Å². The molecule has 0 saturated carbocycles. The van der Waals surface area contributed by atoms with Crippen molar-refractivity contribution in [1.29, 1.82) is 0 Å². The molecule has 20 heavy (non-hydrogen) atoms. The van der Waals surface area contributed by atoms with Gasteiger partial charge in [0.2, 0.25) is 10.0 Å². The minimum Gasteiger partial charge on any atom is -0.399 e. The molecular formula is C13H12ClFN2O2S. The van der Waals surface area contributed by atoms with Crippen LogP contribution in [0.1, 0.15) is 5.56 Å². The minimum absolute atomic E-state index is 0.0123. The van der Waals surface area contributed by atoms with Crippen molar-refractivity contribution >= 4 is 27.3 Å². The SMILES string of the molecule is Nc1cc(F)cc(S(=O)(=O)NCc2ccccc2Cl)c1. The highest BCUT2D eigenvalue weighted by Gasteiger charge is 2.16. The third-order valence-electron chi connectivity index (χ3n) is 2.61. The maximum Gasteiger partial charge on any atom is 0.241 e. The third-order valence-corrected chi connectivity index (χ3v) is 4.36. The van der Waals surface area contributed by atoms with Crippen LogP contribution in [0.3, 0.4) is 0 Å². The quantitative estimate of drug-likeness (QED) is 0.852. The molecule has 0 aromatic heterocycles. The fourth-order valence-electron chi connectivity index (χ4n) is 1.64. The van der Waals surface area contributed by atoms with Crippen molar-refractivity contribution in [2.24, 2.45) is 0 Å². The molecule has 7 heteroatoms. The van der Waals surface area contributed by atoms with Crippen molar-refractivity contribution in [1.82, 2.24) is 4.72 Å². The molecule has 2 rings (SSSR count). The Morgan fingerprint density at radius 3 is 2.55 bits per heavy atom. The first-order valence-corrected chi connectivity index (χ1v) is 7.54. The summed E-state index contributed by atoms with van der Waals surface area (Å²) in [5.41, 5.74) is 6.11. The van der Waals surface area contributed by atoms with E-state index in [4.69, 9.17) is 17.3 Å². The molecule has 4 nitrogen and oxygen atoms in total. The highest BCUT2D eigenvalue weighted by molar-refractivity contribution is 7.89. The molecule has 0 heterocycles. The zero-order valence-corrected chi connectivity index (χ0v) is 11.9. The van der Waals surface area contributed by atoms with Gasteiger partial charge in [-0.1, -0.05) is 29.8 Å². The summed E-state index contributed by atoms with van der Waals surface area (Å²) in [6.45, 7) is 0.0123. The Hall–Kier alpha value is -1.63. The lowest BCUT2D eigenvalue weighted by Gasteiger charge is -2.09. The minimum atomic E-state index is -3.85. The second kappa shape index (κ2) is 5.78. The number of hydrogen-bond donors (Lipinski definition) is 2. The molecule has 2 aromatic rings. The Balaban J connectivity index is 2.22. The maximum atomic E-state index is 13.2. The molecule has 0 bridgehead atoms. The van der Waals surface area contributed by atoms with Crippen LogP contribution in [0.5, 0.6) is 0 Å². The van der Waals surface area contributed by atoms with Crippen LogP contribution >= 0.6 is 11.6 Å². The number of nitrogens with two attached hydrogens (primary N) is 1. The summed E-state index contributed by atoms with van der Waals surface area (Å²) in [5, 5.41) is 0.453. The van der Waals surface area contributed by atoms with Gasteiger partial charge in [0, 0.05) is 17.3 Å². The van der Waals surface area contributed by atoms with Gasteiger partial charge in [0.25, 0.3) is 0 Å². The topological polar surface area (TPSA) is 72.2 Å². The summed E-state index contributed by atoms with van der Waals surface area (Å²) in [6.07, 6.45) is 0. The van der Waals surface area contributed by atoms with Crippen molar-refractivity contribution in [3.05, 3.63) is 58.9 Å². The van der Waals surface area contributed by atoms with E-state index in [1.54, 1.807) is 24.3 Å². The van der Waals surface area contributed by atoms with Crippen LogP contribution in [0.25, 0.3) is 0 Å². The molecule has 0 amide bonds. The highest BCUT2D eigenvalue weighted by Crippen LogP contribution is 2.18. The fourth-order valence-corrected chi connectivity index (χ4v) is 2.91. The number of benzene rings is 2. The van der Waals surface area contributed by atoms with E-state index < -0.39 is 15.8 Å². The molecule has 0 aliphatic rings. The zero-order valence-electron chi connectivity index (χ0n) is 10.3. The van der Waals surface area contributed by atoms with Gasteiger partial charge in [0.1, 0.15) is 5.82 Å². The van der Waals surface area contributed by atoms with Crippen molar-refractivity contribution < 1.29 is 12.8 Å². The van der Waals surface area contributed by atoms with Gasteiger partial charge < -0.3 is 5.73 Å². The van der Waals surface area contributed by atoms with Crippen LogP contribution in [0, 0.1) is 5.82 Å². The van der Waals surface area contributed by atoms with E-state index in [9.17, 15) is 12.8 Å². The number of rotatable bonds is 4. The summed E-state index contributed by atoms with van der Waals surface area (Å²) in [5.74, 6) is -0.705.